The lowest BCUT2D eigenvalue weighted by Crippen LogP contribution is -2.40. The molecule has 1 aromatic heterocycles. The van der Waals surface area contributed by atoms with Crippen LogP contribution in [0.5, 0.6) is 5.75 Å². The van der Waals surface area contributed by atoms with Gasteiger partial charge in [0.1, 0.15) is 5.75 Å². The van der Waals surface area contributed by atoms with E-state index in [4.69, 9.17) is 4.74 Å². The monoisotopic (exact) mass is 374 g/mol. The molecule has 1 N–H and O–H groups in total. The number of hydrogen-bond acceptors (Lipinski definition) is 5. The van der Waals surface area contributed by atoms with E-state index in [2.05, 4.69) is 15.5 Å². The van der Waals surface area contributed by atoms with E-state index in [9.17, 15) is 4.79 Å². The van der Waals surface area contributed by atoms with Crippen LogP contribution in [0.1, 0.15) is 39.0 Å². The van der Waals surface area contributed by atoms with Crippen molar-refractivity contribution in [3.63, 3.8) is 0 Å². The van der Waals surface area contributed by atoms with Gasteiger partial charge in [0.2, 0.25) is 5.91 Å². The van der Waals surface area contributed by atoms with Crippen LogP contribution in [0.25, 0.3) is 11.4 Å². The van der Waals surface area contributed by atoms with E-state index in [-0.39, 0.29) is 11.2 Å². The Morgan fingerprint density at radius 2 is 1.92 bits per heavy atom. The third-order valence-corrected chi connectivity index (χ3v) is 5.92. The molecular formula is C19H26N4O2S. The number of amides is 1. The Kier molecular flexibility index (Phi) is 6.19. The van der Waals surface area contributed by atoms with E-state index in [0.717, 1.165) is 35.1 Å². The summed E-state index contributed by atoms with van der Waals surface area (Å²) in [6, 6.07) is 8.04. The maximum absolute atomic E-state index is 12.5. The first-order chi connectivity index (χ1) is 12.6. The molecule has 1 atom stereocenters. The summed E-state index contributed by atoms with van der Waals surface area (Å²) in [6.07, 6.45) is 5.88. The average Bonchev–Trinajstić information content (AvgIpc) is 3.03. The Bertz CT molecular complexity index is 738. The number of rotatable bonds is 6. The van der Waals surface area contributed by atoms with Crippen molar-refractivity contribution in [2.75, 3.05) is 7.11 Å². The predicted octanol–water partition coefficient (Wildman–Crippen LogP) is 3.42. The molecule has 1 fully saturated rings. The maximum Gasteiger partial charge on any atom is 0.233 e. The lowest BCUT2D eigenvalue weighted by atomic mass is 9.95. The van der Waals surface area contributed by atoms with E-state index >= 15 is 0 Å². The first-order valence-electron chi connectivity index (χ1n) is 9.09. The van der Waals surface area contributed by atoms with E-state index in [1.54, 1.807) is 7.11 Å². The van der Waals surface area contributed by atoms with Gasteiger partial charge in [-0.05, 0) is 44.0 Å². The number of hydrogen-bond donors (Lipinski definition) is 1. The minimum atomic E-state index is -0.205. The molecular weight excluding hydrogens is 348 g/mol. The van der Waals surface area contributed by atoms with E-state index in [1.165, 1.54) is 31.0 Å². The van der Waals surface area contributed by atoms with Crippen LogP contribution in [-0.4, -0.2) is 39.1 Å². The zero-order chi connectivity index (χ0) is 18.5. The Labute approximate surface area is 158 Å². The molecule has 0 saturated heterocycles. The molecule has 1 amide bonds. The molecule has 1 saturated carbocycles. The minimum Gasteiger partial charge on any atom is -0.497 e. The molecule has 0 spiro atoms. The van der Waals surface area contributed by atoms with Crippen molar-refractivity contribution in [1.29, 1.82) is 0 Å². The molecule has 1 aliphatic rings. The smallest absolute Gasteiger partial charge is 0.233 e. The maximum atomic E-state index is 12.5. The number of methoxy groups -OCH3 is 1. The standard InChI is InChI=1S/C19H26N4O2S/c1-13(18(24)20-15-7-5-4-6-8-15)26-19-22-21-17(23(19)2)14-9-11-16(25-3)12-10-14/h9-13,15H,4-8H2,1-3H3,(H,20,24)/t13-/m1/s1. The van der Waals surface area contributed by atoms with Crippen LogP contribution in [0.3, 0.4) is 0 Å². The Morgan fingerprint density at radius 3 is 2.58 bits per heavy atom. The SMILES string of the molecule is COc1ccc(-c2nnc(S[C@H](C)C(=O)NC3CCCCC3)n2C)cc1. The zero-order valence-corrected chi connectivity index (χ0v) is 16.4. The minimum absolute atomic E-state index is 0.0795. The molecule has 140 valence electrons. The van der Waals surface area contributed by atoms with Gasteiger partial charge in [-0.15, -0.1) is 10.2 Å². The molecule has 1 aliphatic carbocycles. The van der Waals surface area contributed by atoms with Crippen LogP contribution in [0.2, 0.25) is 0 Å². The summed E-state index contributed by atoms with van der Waals surface area (Å²) >= 11 is 1.44. The van der Waals surface area contributed by atoms with Gasteiger partial charge in [-0.2, -0.15) is 0 Å². The summed E-state index contributed by atoms with van der Waals surface area (Å²) in [7, 11) is 3.57. The van der Waals surface area contributed by atoms with Gasteiger partial charge in [0.25, 0.3) is 0 Å². The fourth-order valence-electron chi connectivity index (χ4n) is 3.19. The van der Waals surface area contributed by atoms with E-state index < -0.39 is 0 Å². The highest BCUT2D eigenvalue weighted by atomic mass is 32.2. The first kappa shape index (κ1) is 18.8. The van der Waals surface area contributed by atoms with Gasteiger partial charge in [0, 0.05) is 18.7 Å². The second-order valence-corrected chi connectivity index (χ2v) is 8.01. The summed E-state index contributed by atoms with van der Waals surface area (Å²) in [5.74, 6) is 1.66. The third-order valence-electron chi connectivity index (χ3n) is 4.79. The summed E-state index contributed by atoms with van der Waals surface area (Å²) in [4.78, 5) is 12.5. The largest absolute Gasteiger partial charge is 0.497 e. The van der Waals surface area contributed by atoms with Crippen molar-refractivity contribution in [3.8, 4) is 17.1 Å². The van der Waals surface area contributed by atoms with E-state index in [1.807, 2.05) is 42.8 Å². The molecule has 0 aliphatic heterocycles. The van der Waals surface area contributed by atoms with Gasteiger partial charge in [-0.25, -0.2) is 0 Å². The average molecular weight is 375 g/mol. The number of benzene rings is 1. The van der Waals surface area contributed by atoms with Crippen molar-refractivity contribution in [2.24, 2.45) is 7.05 Å². The summed E-state index contributed by atoms with van der Waals surface area (Å²) in [5.41, 5.74) is 0.965. The molecule has 0 radical (unpaired) electrons. The molecule has 2 aromatic rings. The van der Waals surface area contributed by atoms with Crippen molar-refractivity contribution >= 4 is 17.7 Å². The topological polar surface area (TPSA) is 69.0 Å². The van der Waals surface area contributed by atoms with Crippen LogP contribution in [0, 0.1) is 0 Å². The Hall–Kier alpha value is -2.02. The quantitative estimate of drug-likeness (QED) is 0.785. The molecule has 0 unspecified atom stereocenters. The number of nitrogens with zero attached hydrogens (tertiary/aromatic N) is 3. The van der Waals surface area contributed by atoms with Crippen LogP contribution in [-0.2, 0) is 11.8 Å². The predicted molar refractivity (Wildman–Crippen MR) is 103 cm³/mol. The lowest BCUT2D eigenvalue weighted by molar-refractivity contribution is -0.121. The van der Waals surface area contributed by atoms with Crippen LogP contribution in [0.4, 0.5) is 0 Å². The van der Waals surface area contributed by atoms with Crippen LogP contribution < -0.4 is 10.1 Å². The van der Waals surface area contributed by atoms with Gasteiger partial charge in [0.15, 0.2) is 11.0 Å². The van der Waals surface area contributed by atoms with Gasteiger partial charge < -0.3 is 14.6 Å². The van der Waals surface area contributed by atoms with Crippen molar-refractivity contribution in [1.82, 2.24) is 20.1 Å². The summed E-state index contributed by atoms with van der Waals surface area (Å²) in [6.45, 7) is 1.92. The van der Waals surface area contributed by atoms with Crippen LogP contribution in [0.15, 0.2) is 29.4 Å². The number of carbonyl (C=O) groups is 1. The number of nitrogens with one attached hydrogen (secondary N) is 1. The number of carbonyl (C=O) groups excluding carboxylic acids is 1. The van der Waals surface area contributed by atoms with Crippen molar-refractivity contribution in [3.05, 3.63) is 24.3 Å². The second kappa shape index (κ2) is 8.58. The molecule has 7 heteroatoms. The number of thioether (sulfide) groups is 1. The number of ether oxygens (including phenoxy) is 1. The Balaban J connectivity index is 1.64. The molecule has 26 heavy (non-hydrogen) atoms. The molecule has 6 nitrogen and oxygen atoms in total. The zero-order valence-electron chi connectivity index (χ0n) is 15.6. The molecule has 3 rings (SSSR count). The van der Waals surface area contributed by atoms with Gasteiger partial charge >= 0.3 is 0 Å². The molecule has 1 heterocycles. The van der Waals surface area contributed by atoms with Gasteiger partial charge in [-0.1, -0.05) is 31.0 Å². The normalized spacial score (nSPS) is 16.3. The fraction of sp³-hybridized carbons (Fsp3) is 0.526. The second-order valence-electron chi connectivity index (χ2n) is 6.70. The summed E-state index contributed by atoms with van der Waals surface area (Å²) < 4.78 is 7.12. The lowest BCUT2D eigenvalue weighted by Gasteiger charge is -2.24. The fourth-order valence-corrected chi connectivity index (χ4v) is 4.01. The van der Waals surface area contributed by atoms with Gasteiger partial charge in [-0.3, -0.25) is 4.79 Å². The van der Waals surface area contributed by atoms with E-state index in [0.29, 0.717) is 6.04 Å². The molecule has 0 bridgehead atoms. The van der Waals surface area contributed by atoms with Gasteiger partial charge in [0.05, 0.1) is 12.4 Å². The highest BCUT2D eigenvalue weighted by Gasteiger charge is 2.22. The first-order valence-corrected chi connectivity index (χ1v) is 9.97. The van der Waals surface area contributed by atoms with Crippen LogP contribution >= 0.6 is 11.8 Å². The third kappa shape index (κ3) is 4.38. The Morgan fingerprint density at radius 1 is 1.23 bits per heavy atom. The van der Waals surface area contributed by atoms with Crippen molar-refractivity contribution < 1.29 is 9.53 Å². The summed E-state index contributed by atoms with van der Waals surface area (Å²) in [5, 5.41) is 12.3. The van der Waals surface area contributed by atoms with Crippen molar-refractivity contribution in [2.45, 2.75) is 55.5 Å². The highest BCUT2D eigenvalue weighted by Crippen LogP contribution is 2.27. The highest BCUT2D eigenvalue weighted by molar-refractivity contribution is 8.00. The number of aromatic nitrogens is 3. The molecule has 1 aromatic carbocycles.